The molecule has 0 bridgehead atoms. The fraction of sp³-hybridized carbons (Fsp3) is 0.250. The van der Waals surface area contributed by atoms with E-state index in [0.717, 1.165) is 0 Å². The molecule has 0 spiro atoms. The van der Waals surface area contributed by atoms with Gasteiger partial charge >= 0.3 is 12.1 Å². The van der Waals surface area contributed by atoms with Gasteiger partial charge in [0.1, 0.15) is 11.8 Å². The van der Waals surface area contributed by atoms with E-state index >= 15 is 0 Å². The molecule has 2 rings (SSSR count). The quantitative estimate of drug-likeness (QED) is 0.633. The molecule has 2 aromatic carbocycles. The molecular weight excluding hydrogens is 400 g/mol. The second-order valence-electron chi connectivity index (χ2n) is 6.17. The molecule has 9 heteroatoms. The van der Waals surface area contributed by atoms with Crippen LogP contribution in [0.2, 0.25) is 5.02 Å². The molecule has 29 heavy (non-hydrogen) atoms. The highest BCUT2D eigenvalue weighted by Gasteiger charge is 2.23. The number of amides is 2. The number of ether oxygens (including phenoxy) is 2. The third kappa shape index (κ3) is 5.86. The number of nitrogens with one attached hydrogen (secondary N) is 2. The molecule has 0 aliphatic rings. The highest BCUT2D eigenvalue weighted by molar-refractivity contribution is 6.30. The van der Waals surface area contributed by atoms with Crippen LogP contribution in [0.4, 0.5) is 10.5 Å². The molecule has 0 saturated heterocycles. The summed E-state index contributed by atoms with van der Waals surface area (Å²) in [5.41, 5.74) is 1.89. The number of benzene rings is 2. The van der Waals surface area contributed by atoms with Gasteiger partial charge in [-0.3, -0.25) is 10.1 Å². The van der Waals surface area contributed by atoms with Gasteiger partial charge in [0.15, 0.2) is 0 Å². The molecule has 1 unspecified atom stereocenters. The van der Waals surface area contributed by atoms with Gasteiger partial charge in [0, 0.05) is 22.7 Å². The zero-order valence-electron chi connectivity index (χ0n) is 16.1. The number of hydrogen-bond acceptors (Lipinski definition) is 5. The van der Waals surface area contributed by atoms with Crippen molar-refractivity contribution < 1.29 is 29.0 Å². The zero-order valence-corrected chi connectivity index (χ0v) is 16.9. The Balaban J connectivity index is 2.18. The second-order valence-corrected chi connectivity index (χ2v) is 6.61. The van der Waals surface area contributed by atoms with Gasteiger partial charge in [-0.25, -0.2) is 9.59 Å². The highest BCUT2D eigenvalue weighted by Crippen LogP contribution is 2.24. The number of methoxy groups -OCH3 is 2. The van der Waals surface area contributed by atoms with Crippen molar-refractivity contribution in [2.45, 2.75) is 19.4 Å². The monoisotopic (exact) mass is 420 g/mol. The molecule has 3 N–H and O–H groups in total. The minimum absolute atomic E-state index is 0.0163. The Morgan fingerprint density at radius 1 is 1.14 bits per heavy atom. The number of carbonyl (C=O) groups excluding carboxylic acids is 2. The summed E-state index contributed by atoms with van der Waals surface area (Å²) in [7, 11) is 2.70. The molecule has 0 aromatic heterocycles. The number of carboxylic acid groups (broad SMARTS) is 1. The molecule has 2 aromatic rings. The summed E-state index contributed by atoms with van der Waals surface area (Å²) in [4.78, 5) is 35.6. The van der Waals surface area contributed by atoms with E-state index in [-0.39, 0.29) is 12.0 Å². The lowest BCUT2D eigenvalue weighted by molar-refractivity contribution is -0.139. The van der Waals surface area contributed by atoms with Crippen LogP contribution in [0.3, 0.4) is 0 Å². The van der Waals surface area contributed by atoms with E-state index in [0.29, 0.717) is 27.6 Å². The SMILES string of the molecule is COC(=O)Nc1ccc(C(=O)NC(Cc2ccc(Cl)cc2OC)C(=O)O)c(C)c1. The van der Waals surface area contributed by atoms with Gasteiger partial charge in [0.05, 0.1) is 14.2 Å². The van der Waals surface area contributed by atoms with Crippen LogP contribution in [0.1, 0.15) is 21.5 Å². The average molecular weight is 421 g/mol. The molecular formula is C20H21ClN2O6. The lowest BCUT2D eigenvalue weighted by Gasteiger charge is -2.17. The summed E-state index contributed by atoms with van der Waals surface area (Å²) in [5.74, 6) is -1.29. The molecule has 0 fully saturated rings. The number of carboxylic acids is 1. The Morgan fingerprint density at radius 3 is 2.45 bits per heavy atom. The Kier molecular flexibility index (Phi) is 7.44. The van der Waals surface area contributed by atoms with Crippen molar-refractivity contribution in [2.24, 2.45) is 0 Å². The first-order valence-electron chi connectivity index (χ1n) is 8.56. The van der Waals surface area contributed by atoms with Gasteiger partial charge in [-0.15, -0.1) is 0 Å². The Bertz CT molecular complexity index is 931. The van der Waals surface area contributed by atoms with E-state index in [1.165, 1.54) is 26.4 Å². The Hall–Kier alpha value is -3.26. The summed E-state index contributed by atoms with van der Waals surface area (Å²) >= 11 is 5.93. The van der Waals surface area contributed by atoms with E-state index < -0.39 is 24.0 Å². The fourth-order valence-corrected chi connectivity index (χ4v) is 2.87. The maximum atomic E-state index is 12.6. The van der Waals surface area contributed by atoms with Crippen LogP contribution in [-0.4, -0.2) is 43.3 Å². The molecule has 1 atom stereocenters. The van der Waals surface area contributed by atoms with Gasteiger partial charge < -0.3 is 19.9 Å². The maximum Gasteiger partial charge on any atom is 0.411 e. The molecule has 0 aliphatic heterocycles. The number of hydrogen-bond donors (Lipinski definition) is 3. The molecule has 8 nitrogen and oxygen atoms in total. The third-order valence-electron chi connectivity index (χ3n) is 4.18. The van der Waals surface area contributed by atoms with Gasteiger partial charge in [-0.2, -0.15) is 0 Å². The number of rotatable bonds is 7. The molecule has 0 radical (unpaired) electrons. The van der Waals surface area contributed by atoms with Crippen LogP contribution in [-0.2, 0) is 16.0 Å². The van der Waals surface area contributed by atoms with E-state index in [1.54, 1.807) is 31.2 Å². The second kappa shape index (κ2) is 9.79. The number of anilines is 1. The van der Waals surface area contributed by atoms with Crippen molar-refractivity contribution in [3.05, 3.63) is 58.1 Å². The van der Waals surface area contributed by atoms with E-state index in [1.807, 2.05) is 0 Å². The minimum Gasteiger partial charge on any atom is -0.496 e. The lowest BCUT2D eigenvalue weighted by atomic mass is 10.0. The predicted molar refractivity (Wildman–Crippen MR) is 108 cm³/mol. The van der Waals surface area contributed by atoms with Crippen LogP contribution in [0, 0.1) is 6.92 Å². The first kappa shape index (κ1) is 22.0. The van der Waals surface area contributed by atoms with E-state index in [9.17, 15) is 19.5 Å². The van der Waals surface area contributed by atoms with E-state index in [4.69, 9.17) is 16.3 Å². The highest BCUT2D eigenvalue weighted by atomic mass is 35.5. The van der Waals surface area contributed by atoms with Gasteiger partial charge in [-0.05, 0) is 48.4 Å². The molecule has 0 aliphatic carbocycles. The predicted octanol–water partition coefficient (Wildman–Crippen LogP) is 3.26. The third-order valence-corrected chi connectivity index (χ3v) is 4.41. The smallest absolute Gasteiger partial charge is 0.411 e. The Morgan fingerprint density at radius 2 is 1.86 bits per heavy atom. The molecule has 2 amide bonds. The molecule has 0 saturated carbocycles. The largest absolute Gasteiger partial charge is 0.496 e. The first-order chi connectivity index (χ1) is 13.7. The van der Waals surface area contributed by atoms with Gasteiger partial charge in [-0.1, -0.05) is 17.7 Å². The summed E-state index contributed by atoms with van der Waals surface area (Å²) in [6, 6.07) is 8.29. The topological polar surface area (TPSA) is 114 Å². The minimum atomic E-state index is -1.18. The molecule has 154 valence electrons. The lowest BCUT2D eigenvalue weighted by Crippen LogP contribution is -2.42. The maximum absolute atomic E-state index is 12.6. The van der Waals surface area contributed by atoms with Crippen LogP contribution >= 0.6 is 11.6 Å². The zero-order chi connectivity index (χ0) is 21.6. The fourth-order valence-electron chi connectivity index (χ4n) is 2.71. The van der Waals surface area contributed by atoms with Crippen molar-refractivity contribution >= 4 is 35.3 Å². The van der Waals surface area contributed by atoms with Crippen molar-refractivity contribution in [3.8, 4) is 5.75 Å². The summed E-state index contributed by atoms with van der Waals surface area (Å²) in [6.07, 6.45) is -0.618. The standard InChI is InChI=1S/C20H21ClN2O6/c1-11-8-14(22-20(27)29-3)6-7-15(11)18(24)23-16(19(25)26)9-12-4-5-13(21)10-17(12)28-2/h4-8,10,16H,9H2,1-3H3,(H,22,27)(H,23,24)(H,25,26). The number of aryl methyl sites for hydroxylation is 1. The van der Waals surface area contributed by atoms with Crippen molar-refractivity contribution in [1.82, 2.24) is 5.32 Å². The summed E-state index contributed by atoms with van der Waals surface area (Å²) < 4.78 is 9.76. The Labute approximate surface area is 172 Å². The first-order valence-corrected chi connectivity index (χ1v) is 8.94. The number of aliphatic carboxylic acids is 1. The van der Waals surface area contributed by atoms with Crippen LogP contribution < -0.4 is 15.4 Å². The van der Waals surface area contributed by atoms with Crippen molar-refractivity contribution in [3.63, 3.8) is 0 Å². The molecule has 0 heterocycles. The number of carbonyl (C=O) groups is 3. The van der Waals surface area contributed by atoms with E-state index in [2.05, 4.69) is 15.4 Å². The van der Waals surface area contributed by atoms with Crippen molar-refractivity contribution in [1.29, 1.82) is 0 Å². The van der Waals surface area contributed by atoms with Crippen LogP contribution in [0.5, 0.6) is 5.75 Å². The normalized spacial score (nSPS) is 11.3. The van der Waals surface area contributed by atoms with Crippen LogP contribution in [0.15, 0.2) is 36.4 Å². The average Bonchev–Trinajstić information content (AvgIpc) is 2.68. The van der Waals surface area contributed by atoms with Gasteiger partial charge in [0.25, 0.3) is 5.91 Å². The van der Waals surface area contributed by atoms with Crippen LogP contribution in [0.25, 0.3) is 0 Å². The summed E-state index contributed by atoms with van der Waals surface area (Å²) in [5, 5.41) is 15.0. The number of halogens is 1. The summed E-state index contributed by atoms with van der Waals surface area (Å²) in [6.45, 7) is 1.68. The van der Waals surface area contributed by atoms with Gasteiger partial charge in [0.2, 0.25) is 0 Å². The van der Waals surface area contributed by atoms with Crippen molar-refractivity contribution in [2.75, 3.05) is 19.5 Å².